The highest BCUT2D eigenvalue weighted by molar-refractivity contribution is 6.19. The molecule has 10 heteroatoms. The minimum absolute atomic E-state index is 0.0621. The van der Waals surface area contributed by atoms with Gasteiger partial charge in [-0.2, -0.15) is 0 Å². The Balaban J connectivity index is 0.000000279. The Morgan fingerprint density at radius 1 is 1.05 bits per heavy atom. The average molecular weight is 517 g/mol. The van der Waals surface area contributed by atoms with Gasteiger partial charge >= 0.3 is 6.03 Å². The number of hydrogen-bond donors (Lipinski definition) is 4. The number of urea groups is 1. The summed E-state index contributed by atoms with van der Waals surface area (Å²) >= 11 is 0. The van der Waals surface area contributed by atoms with Gasteiger partial charge in [-0.3, -0.25) is 19.6 Å². The van der Waals surface area contributed by atoms with E-state index in [1.807, 2.05) is 55.6 Å². The lowest BCUT2D eigenvalue weighted by molar-refractivity contribution is -0.129. The van der Waals surface area contributed by atoms with Crippen LogP contribution in [0, 0.1) is 5.41 Å². The number of aromatic nitrogens is 1. The van der Waals surface area contributed by atoms with Crippen LogP contribution in [0.3, 0.4) is 0 Å². The number of carbonyl (C=O) groups excluding carboxylic acids is 3. The van der Waals surface area contributed by atoms with Gasteiger partial charge in [0.1, 0.15) is 6.54 Å². The minimum atomic E-state index is -0.911. The van der Waals surface area contributed by atoms with Gasteiger partial charge in [0.2, 0.25) is 5.91 Å². The van der Waals surface area contributed by atoms with Crippen LogP contribution in [0.4, 0.5) is 21.9 Å². The summed E-state index contributed by atoms with van der Waals surface area (Å²) in [7, 11) is 1.81. The second kappa shape index (κ2) is 12.6. The summed E-state index contributed by atoms with van der Waals surface area (Å²) in [6.45, 7) is 2.89. The fourth-order valence-corrected chi connectivity index (χ4v) is 3.60. The van der Waals surface area contributed by atoms with Gasteiger partial charge in [-0.25, -0.2) is 4.79 Å². The van der Waals surface area contributed by atoms with Crippen LogP contribution < -0.4 is 21.3 Å². The molecule has 4 rings (SSSR count). The number of aliphatic hydroxyl groups is 1. The monoisotopic (exact) mass is 516 g/mol. The third-order valence-corrected chi connectivity index (χ3v) is 5.90. The number of anilines is 3. The number of rotatable bonds is 7. The molecule has 0 fully saturated rings. The number of amides is 3. The van der Waals surface area contributed by atoms with Gasteiger partial charge in [0.05, 0.1) is 30.2 Å². The standard InChI is InChI=1S/C20H21N3O3.C8H11N3O/c1-20(2,13-24)17(25)12-23-16-9-4-3-7-14(16)19(22-11-18(23)26)15-8-5-6-10-21-15;1-10-6-3-2-4-7(5-6)11-8(9)12/h3-10,24H,11-13H2,1-2H3;2-5,10H,1H3,(H3,9,11,12). The third kappa shape index (κ3) is 7.01. The molecule has 0 radical (unpaired) electrons. The number of benzene rings is 2. The summed E-state index contributed by atoms with van der Waals surface area (Å²) in [4.78, 5) is 46.0. The fraction of sp³-hybridized carbons (Fsp3) is 0.250. The number of pyridine rings is 1. The van der Waals surface area contributed by atoms with Gasteiger partial charge in [-0.05, 0) is 36.4 Å². The number of para-hydroxylation sites is 1. The van der Waals surface area contributed by atoms with E-state index >= 15 is 0 Å². The van der Waals surface area contributed by atoms with E-state index in [0.29, 0.717) is 22.8 Å². The molecule has 0 aliphatic carbocycles. The number of nitrogens with one attached hydrogen (secondary N) is 2. The van der Waals surface area contributed by atoms with Crippen molar-refractivity contribution in [3.05, 3.63) is 84.2 Å². The Kier molecular flexibility index (Phi) is 9.28. The molecule has 1 aliphatic rings. The molecule has 0 spiro atoms. The number of aliphatic imine (C=N–C) groups is 1. The molecule has 1 aromatic heterocycles. The number of primary amides is 1. The molecular weight excluding hydrogens is 484 g/mol. The van der Waals surface area contributed by atoms with Crippen LogP contribution in [0.2, 0.25) is 0 Å². The SMILES string of the molecule is CC(C)(CO)C(=O)CN1C(=O)CN=C(c2ccccn2)c2ccccc21.CNc1cccc(NC(N)=O)c1. The number of Topliss-reactive ketones (excluding diaryl/α,β-unsaturated/α-hetero) is 1. The van der Waals surface area contributed by atoms with Crippen LogP contribution in [0.5, 0.6) is 0 Å². The molecule has 0 saturated heterocycles. The molecule has 2 heterocycles. The summed E-state index contributed by atoms with van der Waals surface area (Å²) in [6, 6.07) is 19.6. The molecule has 3 aromatic rings. The van der Waals surface area contributed by atoms with Crippen molar-refractivity contribution in [3.63, 3.8) is 0 Å². The molecule has 0 bridgehead atoms. The van der Waals surface area contributed by atoms with Crippen LogP contribution in [-0.4, -0.2) is 60.3 Å². The van der Waals surface area contributed by atoms with Crippen molar-refractivity contribution in [2.45, 2.75) is 13.8 Å². The quantitative estimate of drug-likeness (QED) is 0.379. The zero-order valence-electron chi connectivity index (χ0n) is 21.6. The normalized spacial score (nSPS) is 12.8. The number of hydrogen-bond acceptors (Lipinski definition) is 7. The third-order valence-electron chi connectivity index (χ3n) is 5.90. The summed E-state index contributed by atoms with van der Waals surface area (Å²) in [5.41, 5.74) is 8.35. The number of nitrogens with zero attached hydrogens (tertiary/aromatic N) is 3. The van der Waals surface area contributed by atoms with E-state index < -0.39 is 11.4 Å². The molecule has 0 saturated carbocycles. The fourth-order valence-electron chi connectivity index (χ4n) is 3.60. The highest BCUT2D eigenvalue weighted by Crippen LogP contribution is 2.27. The van der Waals surface area contributed by atoms with Crippen LogP contribution in [-0.2, 0) is 9.59 Å². The van der Waals surface area contributed by atoms with Crippen molar-refractivity contribution in [1.29, 1.82) is 0 Å². The predicted octanol–water partition coefficient (Wildman–Crippen LogP) is 3.07. The summed E-state index contributed by atoms with van der Waals surface area (Å²) < 4.78 is 0. The highest BCUT2D eigenvalue weighted by Gasteiger charge is 2.32. The molecule has 38 heavy (non-hydrogen) atoms. The van der Waals surface area contributed by atoms with Gasteiger partial charge < -0.3 is 26.4 Å². The topological polar surface area (TPSA) is 150 Å². The van der Waals surface area contributed by atoms with E-state index in [1.165, 1.54) is 4.90 Å². The Bertz CT molecular complexity index is 1320. The Hall–Kier alpha value is -4.57. The summed E-state index contributed by atoms with van der Waals surface area (Å²) in [5.74, 6) is -0.463. The smallest absolute Gasteiger partial charge is 0.316 e. The first-order chi connectivity index (χ1) is 18.2. The highest BCUT2D eigenvalue weighted by atomic mass is 16.3. The van der Waals surface area contributed by atoms with Crippen molar-refractivity contribution in [1.82, 2.24) is 4.98 Å². The Morgan fingerprint density at radius 2 is 1.76 bits per heavy atom. The lowest BCUT2D eigenvalue weighted by Gasteiger charge is -2.27. The molecule has 0 unspecified atom stereocenters. The van der Waals surface area contributed by atoms with E-state index in [-0.39, 0.29) is 31.4 Å². The zero-order valence-corrected chi connectivity index (χ0v) is 21.6. The van der Waals surface area contributed by atoms with E-state index in [4.69, 9.17) is 5.73 Å². The molecule has 2 aromatic carbocycles. The van der Waals surface area contributed by atoms with Crippen molar-refractivity contribution in [2.75, 3.05) is 42.3 Å². The largest absolute Gasteiger partial charge is 0.395 e. The molecule has 198 valence electrons. The summed E-state index contributed by atoms with van der Waals surface area (Å²) in [6.07, 6.45) is 1.68. The first kappa shape index (κ1) is 28.0. The molecule has 5 N–H and O–H groups in total. The molecule has 3 amide bonds. The van der Waals surface area contributed by atoms with E-state index in [0.717, 1.165) is 11.3 Å². The average Bonchev–Trinajstić information content (AvgIpc) is 3.05. The molecule has 0 atom stereocenters. The zero-order chi connectivity index (χ0) is 27.7. The second-order valence-corrected chi connectivity index (χ2v) is 9.16. The molecular formula is C28H32N6O4. The van der Waals surface area contributed by atoms with Gasteiger partial charge in [0.15, 0.2) is 5.78 Å². The minimum Gasteiger partial charge on any atom is -0.395 e. The van der Waals surface area contributed by atoms with E-state index in [9.17, 15) is 19.5 Å². The number of ketones is 1. The second-order valence-electron chi connectivity index (χ2n) is 9.16. The number of carbonyl (C=O) groups is 3. The Morgan fingerprint density at radius 3 is 2.42 bits per heavy atom. The van der Waals surface area contributed by atoms with E-state index in [2.05, 4.69) is 20.6 Å². The van der Waals surface area contributed by atoms with Gasteiger partial charge in [-0.15, -0.1) is 0 Å². The number of benzodiazepines with no additional fused rings is 1. The maximum atomic E-state index is 12.7. The maximum Gasteiger partial charge on any atom is 0.316 e. The molecule has 1 aliphatic heterocycles. The predicted molar refractivity (Wildman–Crippen MR) is 149 cm³/mol. The van der Waals surface area contributed by atoms with Crippen molar-refractivity contribution >= 4 is 40.5 Å². The lowest BCUT2D eigenvalue weighted by Crippen LogP contribution is -2.42. The first-order valence-electron chi connectivity index (χ1n) is 12.0. The van der Waals surface area contributed by atoms with Gasteiger partial charge in [0, 0.05) is 35.6 Å². The van der Waals surface area contributed by atoms with Gasteiger partial charge in [-0.1, -0.05) is 44.2 Å². The van der Waals surface area contributed by atoms with Crippen LogP contribution >= 0.6 is 0 Å². The Labute approximate surface area is 221 Å². The van der Waals surface area contributed by atoms with Crippen LogP contribution in [0.1, 0.15) is 25.1 Å². The van der Waals surface area contributed by atoms with Crippen molar-refractivity contribution in [2.24, 2.45) is 16.1 Å². The lowest BCUT2D eigenvalue weighted by atomic mass is 9.88. The van der Waals surface area contributed by atoms with Gasteiger partial charge in [0.25, 0.3) is 0 Å². The van der Waals surface area contributed by atoms with Crippen LogP contribution in [0.25, 0.3) is 0 Å². The number of fused-ring (bicyclic) bond motifs is 1. The molecule has 10 nitrogen and oxygen atoms in total. The van der Waals surface area contributed by atoms with Crippen molar-refractivity contribution in [3.8, 4) is 0 Å². The summed E-state index contributed by atoms with van der Waals surface area (Å²) in [5, 5.41) is 14.9. The van der Waals surface area contributed by atoms with E-state index in [1.54, 1.807) is 38.2 Å². The van der Waals surface area contributed by atoms with Crippen molar-refractivity contribution < 1.29 is 19.5 Å². The number of nitrogens with two attached hydrogens (primary N) is 1. The maximum absolute atomic E-state index is 12.7. The van der Waals surface area contributed by atoms with Crippen LogP contribution in [0.15, 0.2) is 77.9 Å². The first-order valence-corrected chi connectivity index (χ1v) is 12.0. The number of aliphatic hydroxyl groups excluding tert-OH is 1.